The maximum atomic E-state index is 5.62. The van der Waals surface area contributed by atoms with Gasteiger partial charge in [-0.25, -0.2) is 0 Å². The number of H-pyrrole nitrogens is 1. The monoisotopic (exact) mass is 302 g/mol. The molecule has 1 aromatic carbocycles. The van der Waals surface area contributed by atoms with Gasteiger partial charge in [-0.05, 0) is 61.4 Å². The Labute approximate surface area is 132 Å². The van der Waals surface area contributed by atoms with Crippen molar-refractivity contribution in [1.29, 1.82) is 0 Å². The summed E-state index contributed by atoms with van der Waals surface area (Å²) in [7, 11) is 0. The van der Waals surface area contributed by atoms with Gasteiger partial charge in [-0.15, -0.1) is 0 Å². The Hall–Kier alpha value is -1.09. The third kappa shape index (κ3) is 2.80. The van der Waals surface area contributed by atoms with Crippen LogP contribution in [0.25, 0.3) is 11.0 Å². The summed E-state index contributed by atoms with van der Waals surface area (Å²) in [5.74, 6) is 0.753. The summed E-state index contributed by atoms with van der Waals surface area (Å²) in [6.45, 7) is 7.96. The highest BCUT2D eigenvalue weighted by atomic mass is 32.1. The fraction of sp³-hybridized carbons (Fsp3) is 0.611. The number of nitrogens with one attached hydrogen (secondary N) is 1. The smallest absolute Gasteiger partial charge is 0.178 e. The van der Waals surface area contributed by atoms with Crippen LogP contribution in [-0.4, -0.2) is 9.55 Å². The van der Waals surface area contributed by atoms with Crippen LogP contribution >= 0.6 is 12.2 Å². The molecule has 0 amide bonds. The molecule has 1 saturated carbocycles. The first-order valence-electron chi connectivity index (χ1n) is 8.19. The molecule has 1 fully saturated rings. The van der Waals surface area contributed by atoms with Gasteiger partial charge >= 0.3 is 0 Å². The molecule has 0 unspecified atom stereocenters. The molecule has 1 N–H and O–H groups in total. The number of aromatic amines is 1. The second kappa shape index (κ2) is 5.60. The maximum Gasteiger partial charge on any atom is 0.178 e. The first kappa shape index (κ1) is 14.8. The number of nitrogens with zero attached hydrogens (tertiary/aromatic N) is 1. The van der Waals surface area contributed by atoms with Gasteiger partial charge in [0.25, 0.3) is 0 Å². The number of rotatable bonds is 4. The standard InChI is InChI=1S/C18H26N2S/c1-13(2)11-18(9-4-5-10-18)12-20-16-14(3)7-6-8-15(16)19-17(20)21/h6-8,13H,4-5,9-12H2,1-3H3,(H,19,21). The van der Waals surface area contributed by atoms with E-state index in [9.17, 15) is 0 Å². The summed E-state index contributed by atoms with van der Waals surface area (Å²) in [4.78, 5) is 3.39. The number of hydrogen-bond acceptors (Lipinski definition) is 1. The molecule has 2 nitrogen and oxygen atoms in total. The molecule has 1 aliphatic carbocycles. The zero-order chi connectivity index (χ0) is 15.0. The van der Waals surface area contributed by atoms with Gasteiger partial charge in [-0.3, -0.25) is 0 Å². The molecule has 1 heterocycles. The SMILES string of the molecule is Cc1cccc2[nH]c(=S)n(CC3(CC(C)C)CCCC3)c12. The number of imidazole rings is 1. The van der Waals surface area contributed by atoms with Crippen molar-refractivity contribution in [2.75, 3.05) is 0 Å². The Balaban J connectivity index is 2.04. The van der Waals surface area contributed by atoms with Crippen LogP contribution in [0.3, 0.4) is 0 Å². The van der Waals surface area contributed by atoms with E-state index < -0.39 is 0 Å². The van der Waals surface area contributed by atoms with Crippen LogP contribution in [0.15, 0.2) is 18.2 Å². The number of aromatic nitrogens is 2. The summed E-state index contributed by atoms with van der Waals surface area (Å²) in [6, 6.07) is 6.43. The lowest BCUT2D eigenvalue weighted by Crippen LogP contribution is -2.25. The predicted molar refractivity (Wildman–Crippen MR) is 92.2 cm³/mol. The summed E-state index contributed by atoms with van der Waals surface area (Å²) in [5, 5.41) is 0. The molecule has 21 heavy (non-hydrogen) atoms. The highest BCUT2D eigenvalue weighted by Gasteiger charge is 2.35. The van der Waals surface area contributed by atoms with E-state index in [4.69, 9.17) is 12.2 Å². The van der Waals surface area contributed by atoms with Crippen molar-refractivity contribution in [2.24, 2.45) is 11.3 Å². The van der Waals surface area contributed by atoms with Crippen molar-refractivity contribution in [3.8, 4) is 0 Å². The van der Waals surface area contributed by atoms with Crippen LogP contribution in [0.2, 0.25) is 0 Å². The highest BCUT2D eigenvalue weighted by molar-refractivity contribution is 7.71. The van der Waals surface area contributed by atoms with E-state index in [2.05, 4.69) is 48.5 Å². The molecule has 0 bridgehead atoms. The largest absolute Gasteiger partial charge is 0.331 e. The summed E-state index contributed by atoms with van der Waals surface area (Å²) in [6.07, 6.45) is 6.77. The normalized spacial score (nSPS) is 17.9. The minimum absolute atomic E-state index is 0.448. The molecule has 3 heteroatoms. The second-order valence-corrected chi connectivity index (χ2v) is 7.68. The molecule has 1 aromatic heterocycles. The first-order valence-corrected chi connectivity index (χ1v) is 8.60. The number of hydrogen-bond donors (Lipinski definition) is 1. The topological polar surface area (TPSA) is 20.7 Å². The van der Waals surface area contributed by atoms with Gasteiger partial charge in [-0.2, -0.15) is 0 Å². The van der Waals surface area contributed by atoms with Crippen LogP contribution in [0.5, 0.6) is 0 Å². The second-order valence-electron chi connectivity index (χ2n) is 7.29. The molecule has 1 aliphatic rings. The molecule has 0 radical (unpaired) electrons. The number of aryl methyl sites for hydroxylation is 1. The third-order valence-electron chi connectivity index (χ3n) is 4.99. The van der Waals surface area contributed by atoms with Gasteiger partial charge < -0.3 is 9.55 Å². The Bertz CT molecular complexity index is 687. The van der Waals surface area contributed by atoms with Crippen molar-refractivity contribution in [2.45, 2.75) is 59.4 Å². The lowest BCUT2D eigenvalue weighted by atomic mass is 9.78. The van der Waals surface area contributed by atoms with Gasteiger partial charge in [0.15, 0.2) is 4.77 Å². The average molecular weight is 302 g/mol. The van der Waals surface area contributed by atoms with Crippen molar-refractivity contribution < 1.29 is 0 Å². The lowest BCUT2D eigenvalue weighted by Gasteiger charge is -2.31. The third-order valence-corrected chi connectivity index (χ3v) is 5.32. The Morgan fingerprint density at radius 2 is 2.00 bits per heavy atom. The Kier molecular flexibility index (Phi) is 3.96. The minimum Gasteiger partial charge on any atom is -0.331 e. The Morgan fingerprint density at radius 3 is 2.67 bits per heavy atom. The predicted octanol–water partition coefficient (Wildman–Crippen LogP) is 5.61. The van der Waals surface area contributed by atoms with Crippen LogP contribution in [-0.2, 0) is 6.54 Å². The van der Waals surface area contributed by atoms with E-state index in [1.54, 1.807) is 0 Å². The molecule has 0 spiro atoms. The van der Waals surface area contributed by atoms with Crippen molar-refractivity contribution in [1.82, 2.24) is 9.55 Å². The molecule has 0 saturated heterocycles. The van der Waals surface area contributed by atoms with Crippen molar-refractivity contribution >= 4 is 23.3 Å². The van der Waals surface area contributed by atoms with E-state index in [1.807, 2.05) is 0 Å². The first-order chi connectivity index (χ1) is 10.0. The molecule has 3 rings (SSSR count). The van der Waals surface area contributed by atoms with Crippen LogP contribution in [0, 0.1) is 23.0 Å². The van der Waals surface area contributed by atoms with Gasteiger partial charge in [0, 0.05) is 6.54 Å². The van der Waals surface area contributed by atoms with Crippen molar-refractivity contribution in [3.63, 3.8) is 0 Å². The molecular formula is C18H26N2S. The van der Waals surface area contributed by atoms with Crippen LogP contribution < -0.4 is 0 Å². The van der Waals surface area contributed by atoms with Gasteiger partial charge in [-0.1, -0.05) is 38.8 Å². The summed E-state index contributed by atoms with van der Waals surface area (Å²) >= 11 is 5.62. The van der Waals surface area contributed by atoms with Crippen LogP contribution in [0.4, 0.5) is 0 Å². The zero-order valence-electron chi connectivity index (χ0n) is 13.4. The molecule has 114 valence electrons. The van der Waals surface area contributed by atoms with E-state index in [1.165, 1.54) is 48.7 Å². The molecule has 0 aliphatic heterocycles. The van der Waals surface area contributed by atoms with Gasteiger partial charge in [0.1, 0.15) is 0 Å². The highest BCUT2D eigenvalue weighted by Crippen LogP contribution is 2.45. The fourth-order valence-corrected chi connectivity index (χ4v) is 4.57. The zero-order valence-corrected chi connectivity index (χ0v) is 14.2. The average Bonchev–Trinajstić information content (AvgIpc) is 2.96. The Morgan fingerprint density at radius 1 is 1.29 bits per heavy atom. The fourth-order valence-electron chi connectivity index (χ4n) is 4.31. The van der Waals surface area contributed by atoms with E-state index >= 15 is 0 Å². The van der Waals surface area contributed by atoms with Crippen molar-refractivity contribution in [3.05, 3.63) is 28.5 Å². The van der Waals surface area contributed by atoms with E-state index in [0.717, 1.165) is 17.2 Å². The summed E-state index contributed by atoms with van der Waals surface area (Å²) in [5.41, 5.74) is 4.25. The molecular weight excluding hydrogens is 276 g/mol. The maximum absolute atomic E-state index is 5.62. The molecule has 2 aromatic rings. The van der Waals surface area contributed by atoms with Gasteiger partial charge in [0.2, 0.25) is 0 Å². The van der Waals surface area contributed by atoms with E-state index in [0.29, 0.717) is 5.41 Å². The number of para-hydroxylation sites is 1. The number of fused-ring (bicyclic) bond motifs is 1. The quantitative estimate of drug-likeness (QED) is 0.728. The lowest BCUT2D eigenvalue weighted by molar-refractivity contribution is 0.198. The van der Waals surface area contributed by atoms with Gasteiger partial charge in [0.05, 0.1) is 11.0 Å². The molecule has 0 atom stereocenters. The number of benzene rings is 1. The van der Waals surface area contributed by atoms with E-state index in [-0.39, 0.29) is 0 Å². The minimum atomic E-state index is 0.448. The summed E-state index contributed by atoms with van der Waals surface area (Å²) < 4.78 is 3.25. The van der Waals surface area contributed by atoms with Crippen LogP contribution in [0.1, 0.15) is 51.5 Å².